The Hall–Kier alpha value is -2.63. The molecular formula is C15H17N5O. The quantitative estimate of drug-likeness (QED) is 0.751. The van der Waals surface area contributed by atoms with Gasteiger partial charge in [0.2, 0.25) is 5.95 Å². The van der Waals surface area contributed by atoms with E-state index in [1.165, 1.54) is 0 Å². The minimum atomic E-state index is 0.477. The van der Waals surface area contributed by atoms with Crippen LogP contribution in [0.3, 0.4) is 0 Å². The van der Waals surface area contributed by atoms with Crippen molar-refractivity contribution < 1.29 is 4.74 Å². The molecule has 0 unspecified atom stereocenters. The highest BCUT2D eigenvalue weighted by Crippen LogP contribution is 2.28. The van der Waals surface area contributed by atoms with Gasteiger partial charge in [-0.25, -0.2) is 4.98 Å². The van der Waals surface area contributed by atoms with Crippen LogP contribution < -0.4 is 10.1 Å². The molecular weight excluding hydrogens is 266 g/mol. The smallest absolute Gasteiger partial charge is 0.250 e. The minimum absolute atomic E-state index is 0.477. The van der Waals surface area contributed by atoms with Gasteiger partial charge in [-0.05, 0) is 25.0 Å². The van der Waals surface area contributed by atoms with Crippen LogP contribution >= 0.6 is 0 Å². The fourth-order valence-corrected chi connectivity index (χ4v) is 1.97. The number of H-pyrrole nitrogens is 1. The van der Waals surface area contributed by atoms with Crippen molar-refractivity contribution in [3.8, 4) is 11.6 Å². The number of anilines is 1. The van der Waals surface area contributed by atoms with Crippen molar-refractivity contribution in [2.24, 2.45) is 0 Å². The molecule has 0 radical (unpaired) electrons. The van der Waals surface area contributed by atoms with Crippen LogP contribution in [0.5, 0.6) is 11.6 Å². The van der Waals surface area contributed by atoms with Crippen LogP contribution in [0.4, 0.5) is 5.95 Å². The maximum Gasteiger partial charge on any atom is 0.250 e. The Morgan fingerprint density at radius 1 is 1.24 bits per heavy atom. The number of rotatable bonds is 5. The van der Waals surface area contributed by atoms with Crippen LogP contribution in [0, 0.1) is 6.92 Å². The molecule has 0 fully saturated rings. The average Bonchev–Trinajstić information content (AvgIpc) is 2.96. The fourth-order valence-electron chi connectivity index (χ4n) is 1.97. The Morgan fingerprint density at radius 2 is 2.10 bits per heavy atom. The highest BCUT2D eigenvalue weighted by molar-refractivity contribution is 5.77. The van der Waals surface area contributed by atoms with Gasteiger partial charge in [0, 0.05) is 6.54 Å². The number of imidazole rings is 1. The maximum absolute atomic E-state index is 5.94. The standard InChI is InChI=1S/C15H17N5O/c1-3-8-16-15-19-13-12(17-9-18-13)14(20-15)21-11-7-5-4-6-10(11)2/h4-7,9H,3,8H2,1-2H3,(H2,16,17,18,19,20). The topological polar surface area (TPSA) is 75.7 Å². The maximum atomic E-state index is 5.94. The fraction of sp³-hybridized carbons (Fsp3) is 0.267. The molecule has 0 aliphatic heterocycles. The second-order valence-electron chi connectivity index (χ2n) is 4.75. The molecule has 0 aliphatic carbocycles. The summed E-state index contributed by atoms with van der Waals surface area (Å²) in [5, 5.41) is 3.16. The Kier molecular flexibility index (Phi) is 3.68. The Morgan fingerprint density at radius 3 is 2.90 bits per heavy atom. The number of nitrogens with zero attached hydrogens (tertiary/aromatic N) is 3. The van der Waals surface area contributed by atoms with Crippen LogP contribution in [-0.4, -0.2) is 26.5 Å². The number of benzene rings is 1. The number of fused-ring (bicyclic) bond motifs is 1. The highest BCUT2D eigenvalue weighted by atomic mass is 16.5. The first kappa shape index (κ1) is 13.4. The van der Waals surface area contributed by atoms with E-state index >= 15 is 0 Å². The first-order valence-corrected chi connectivity index (χ1v) is 6.96. The molecule has 21 heavy (non-hydrogen) atoms. The van der Waals surface area contributed by atoms with E-state index < -0.39 is 0 Å². The Labute approximate surface area is 122 Å². The van der Waals surface area contributed by atoms with Gasteiger partial charge in [0.25, 0.3) is 5.88 Å². The molecule has 2 aromatic heterocycles. The number of para-hydroxylation sites is 1. The van der Waals surface area contributed by atoms with E-state index in [4.69, 9.17) is 4.74 Å². The van der Waals surface area contributed by atoms with Gasteiger partial charge in [0.1, 0.15) is 11.3 Å². The number of hydrogen-bond donors (Lipinski definition) is 2. The number of aryl methyl sites for hydroxylation is 1. The molecule has 0 amide bonds. The zero-order valence-corrected chi connectivity index (χ0v) is 12.1. The van der Waals surface area contributed by atoms with Crippen molar-refractivity contribution in [1.82, 2.24) is 19.9 Å². The van der Waals surface area contributed by atoms with Gasteiger partial charge in [0.05, 0.1) is 6.33 Å². The molecule has 6 heteroatoms. The van der Waals surface area contributed by atoms with E-state index in [2.05, 4.69) is 32.2 Å². The Bertz CT molecular complexity index is 753. The summed E-state index contributed by atoms with van der Waals surface area (Å²) in [6.45, 7) is 4.89. The first-order chi connectivity index (χ1) is 10.3. The molecule has 3 aromatic rings. The van der Waals surface area contributed by atoms with Crippen LogP contribution in [0.15, 0.2) is 30.6 Å². The van der Waals surface area contributed by atoms with E-state index in [-0.39, 0.29) is 0 Å². The lowest BCUT2D eigenvalue weighted by Crippen LogP contribution is -2.05. The third-order valence-electron chi connectivity index (χ3n) is 3.09. The second-order valence-corrected chi connectivity index (χ2v) is 4.75. The number of aromatic nitrogens is 4. The van der Waals surface area contributed by atoms with Gasteiger partial charge in [-0.2, -0.15) is 9.97 Å². The third kappa shape index (κ3) is 2.79. The minimum Gasteiger partial charge on any atom is -0.437 e. The van der Waals surface area contributed by atoms with Gasteiger partial charge >= 0.3 is 0 Å². The molecule has 1 aromatic carbocycles. The molecule has 6 nitrogen and oxygen atoms in total. The predicted octanol–water partition coefficient (Wildman–Crippen LogP) is 3.28. The lowest BCUT2D eigenvalue weighted by molar-refractivity contribution is 0.464. The van der Waals surface area contributed by atoms with Crippen molar-refractivity contribution in [3.63, 3.8) is 0 Å². The normalized spacial score (nSPS) is 10.8. The van der Waals surface area contributed by atoms with Gasteiger partial charge in [0.15, 0.2) is 5.65 Å². The molecule has 0 saturated carbocycles. The largest absolute Gasteiger partial charge is 0.437 e. The first-order valence-electron chi connectivity index (χ1n) is 6.96. The summed E-state index contributed by atoms with van der Waals surface area (Å²) in [6, 6.07) is 7.82. The van der Waals surface area contributed by atoms with E-state index in [9.17, 15) is 0 Å². The van der Waals surface area contributed by atoms with Crippen molar-refractivity contribution in [2.75, 3.05) is 11.9 Å². The summed E-state index contributed by atoms with van der Waals surface area (Å²) in [5.74, 6) is 1.78. The van der Waals surface area contributed by atoms with Crippen LogP contribution in [-0.2, 0) is 0 Å². The molecule has 2 N–H and O–H groups in total. The van der Waals surface area contributed by atoms with Gasteiger partial charge in [-0.3, -0.25) is 0 Å². The van der Waals surface area contributed by atoms with Gasteiger partial charge in [-0.15, -0.1) is 0 Å². The summed E-state index contributed by atoms with van der Waals surface area (Å²) in [4.78, 5) is 16.0. The lowest BCUT2D eigenvalue weighted by atomic mass is 10.2. The number of aromatic amines is 1. The summed E-state index contributed by atoms with van der Waals surface area (Å²) >= 11 is 0. The third-order valence-corrected chi connectivity index (χ3v) is 3.09. The van der Waals surface area contributed by atoms with E-state index in [1.807, 2.05) is 31.2 Å². The van der Waals surface area contributed by atoms with Crippen LogP contribution in [0.2, 0.25) is 0 Å². The number of hydrogen-bond acceptors (Lipinski definition) is 5. The molecule has 2 heterocycles. The van der Waals surface area contributed by atoms with E-state index in [0.717, 1.165) is 24.3 Å². The second kappa shape index (κ2) is 5.78. The molecule has 0 atom stereocenters. The zero-order chi connectivity index (χ0) is 14.7. The van der Waals surface area contributed by atoms with Gasteiger partial charge in [-0.1, -0.05) is 25.1 Å². The molecule has 0 saturated heterocycles. The summed E-state index contributed by atoms with van der Waals surface area (Å²) in [5.41, 5.74) is 2.33. The molecule has 3 rings (SSSR count). The SMILES string of the molecule is CCCNc1nc(Oc2ccccc2C)c2[nH]cnc2n1. The van der Waals surface area contributed by atoms with Crippen molar-refractivity contribution >= 4 is 17.1 Å². The zero-order valence-electron chi connectivity index (χ0n) is 12.1. The number of nitrogens with one attached hydrogen (secondary N) is 2. The van der Waals surface area contributed by atoms with E-state index in [0.29, 0.717) is 23.0 Å². The van der Waals surface area contributed by atoms with Crippen molar-refractivity contribution in [1.29, 1.82) is 0 Å². The monoisotopic (exact) mass is 283 g/mol. The van der Waals surface area contributed by atoms with E-state index in [1.54, 1.807) is 6.33 Å². The van der Waals surface area contributed by atoms with Crippen molar-refractivity contribution in [3.05, 3.63) is 36.2 Å². The van der Waals surface area contributed by atoms with Gasteiger partial charge < -0.3 is 15.0 Å². The summed E-state index contributed by atoms with van der Waals surface area (Å²) < 4.78 is 5.94. The lowest BCUT2D eigenvalue weighted by Gasteiger charge is -2.10. The van der Waals surface area contributed by atoms with Crippen LogP contribution in [0.25, 0.3) is 11.2 Å². The summed E-state index contributed by atoms with van der Waals surface area (Å²) in [7, 11) is 0. The highest BCUT2D eigenvalue weighted by Gasteiger charge is 2.12. The Balaban J connectivity index is 2.00. The molecule has 108 valence electrons. The predicted molar refractivity (Wildman–Crippen MR) is 81.7 cm³/mol. The molecule has 0 spiro atoms. The van der Waals surface area contributed by atoms with Crippen molar-refractivity contribution in [2.45, 2.75) is 20.3 Å². The molecule has 0 bridgehead atoms. The number of ether oxygens (including phenoxy) is 1. The average molecular weight is 283 g/mol. The van der Waals surface area contributed by atoms with Crippen LogP contribution in [0.1, 0.15) is 18.9 Å². The summed E-state index contributed by atoms with van der Waals surface area (Å²) in [6.07, 6.45) is 2.59. The molecule has 0 aliphatic rings.